The van der Waals surface area contributed by atoms with E-state index in [0.29, 0.717) is 13.0 Å². The molecule has 0 radical (unpaired) electrons. The first-order valence-corrected chi connectivity index (χ1v) is 9.96. The van der Waals surface area contributed by atoms with Crippen molar-refractivity contribution in [2.24, 2.45) is 0 Å². The standard InChI is InChI=1S/C12H14INO4S2/c1-18-9-3-4-11-10(7-9)14(12(8-13)19-11)5-2-6-20(15,16)17/h3-4,7H,2,5-6,8H2,1H3/p+2. The number of hydrogen-bond acceptors (Lipinski definition) is 4. The summed E-state index contributed by atoms with van der Waals surface area (Å²) in [6, 6.07) is 5.91. The molecule has 0 amide bonds. The van der Waals surface area contributed by atoms with Crippen LogP contribution in [-0.4, -0.2) is 25.8 Å². The number of ether oxygens (including phenoxy) is 1. The van der Waals surface area contributed by atoms with Gasteiger partial charge in [-0.2, -0.15) is 13.0 Å². The number of fused-ring (bicyclic) bond motifs is 1. The van der Waals surface area contributed by atoms with Crippen molar-refractivity contribution in [3.63, 3.8) is 0 Å². The molecule has 0 atom stereocenters. The molecule has 20 heavy (non-hydrogen) atoms. The molecule has 0 bridgehead atoms. The minimum Gasteiger partial charge on any atom is -0.497 e. The molecule has 0 aliphatic carbocycles. The summed E-state index contributed by atoms with van der Waals surface area (Å²) in [4.78, 5) is 0. The Hall–Kier alpha value is -0.450. The Morgan fingerprint density at radius 3 is 2.80 bits per heavy atom. The van der Waals surface area contributed by atoms with Crippen LogP contribution in [-0.2, 0) is 21.1 Å². The van der Waals surface area contributed by atoms with E-state index in [-0.39, 0.29) is 5.75 Å². The summed E-state index contributed by atoms with van der Waals surface area (Å²) < 4.78 is 38.2. The maximum atomic E-state index is 10.9. The Kier molecular flexibility index (Phi) is 5.21. The fourth-order valence-electron chi connectivity index (χ4n) is 2.00. The van der Waals surface area contributed by atoms with Crippen LogP contribution in [0.2, 0.25) is 0 Å². The molecule has 0 aliphatic rings. The quantitative estimate of drug-likeness (QED) is 0.303. The van der Waals surface area contributed by atoms with Gasteiger partial charge in [0.05, 0.1) is 17.6 Å². The number of hydrogen-bond donors (Lipinski definition) is 0. The lowest BCUT2D eigenvalue weighted by Crippen LogP contribution is -2.36. The lowest BCUT2D eigenvalue weighted by molar-refractivity contribution is -0.673. The van der Waals surface area contributed by atoms with Crippen LogP contribution in [0.5, 0.6) is 5.75 Å². The average molecular weight is 429 g/mol. The summed E-state index contributed by atoms with van der Waals surface area (Å²) in [5.41, 5.74) is 1.06. The largest absolute Gasteiger partial charge is 0.497 e. The zero-order valence-electron chi connectivity index (χ0n) is 10.9. The van der Waals surface area contributed by atoms with E-state index in [1.54, 1.807) is 18.4 Å². The zero-order valence-corrected chi connectivity index (χ0v) is 14.7. The van der Waals surface area contributed by atoms with Gasteiger partial charge in [0.25, 0.3) is 0 Å². The predicted octanol–water partition coefficient (Wildman–Crippen LogP) is 1.58. The van der Waals surface area contributed by atoms with E-state index in [1.807, 2.05) is 18.2 Å². The van der Waals surface area contributed by atoms with Gasteiger partial charge in [-0.05, 0) is 12.1 Å². The van der Waals surface area contributed by atoms with E-state index in [1.165, 1.54) is 5.01 Å². The Balaban J connectivity index is 2.33. The van der Waals surface area contributed by atoms with E-state index in [9.17, 15) is 8.42 Å². The van der Waals surface area contributed by atoms with E-state index >= 15 is 0 Å². The summed E-state index contributed by atoms with van der Waals surface area (Å²) in [7, 11) is -2.02. The van der Waals surface area contributed by atoms with Crippen molar-refractivity contribution >= 4 is 54.3 Å². The third-order valence-electron chi connectivity index (χ3n) is 2.89. The van der Waals surface area contributed by atoms with Crippen LogP contribution < -0.4 is 9.30 Å². The monoisotopic (exact) mass is 429 g/mol. The van der Waals surface area contributed by atoms with Crippen LogP contribution >= 0.6 is 33.9 Å². The second-order valence-electron chi connectivity index (χ2n) is 4.29. The van der Waals surface area contributed by atoms with Gasteiger partial charge in [-0.25, -0.2) is 0 Å². The highest BCUT2D eigenvalue weighted by molar-refractivity contribution is 14.1. The summed E-state index contributed by atoms with van der Waals surface area (Å²) >= 11 is 4.01. The molecule has 5 nitrogen and oxygen atoms in total. The number of nitrogens with zero attached hydrogens (tertiary/aromatic N) is 1. The van der Waals surface area contributed by atoms with Crippen LogP contribution in [0.15, 0.2) is 18.2 Å². The molecule has 2 aromatic rings. The zero-order chi connectivity index (χ0) is 14.8. The van der Waals surface area contributed by atoms with Gasteiger partial charge in [-0.15, -0.1) is 0 Å². The topological polar surface area (TPSA) is 70.2 Å². The highest BCUT2D eigenvalue weighted by Crippen LogP contribution is 2.26. The van der Waals surface area contributed by atoms with Crippen molar-refractivity contribution in [2.75, 3.05) is 12.9 Å². The molecule has 0 fully saturated rings. The third kappa shape index (κ3) is 3.80. The Bertz CT molecular complexity index is 712. The second-order valence-corrected chi connectivity index (χ2v) is 7.80. The predicted molar refractivity (Wildman–Crippen MR) is 88.3 cm³/mol. The van der Waals surface area contributed by atoms with Gasteiger partial charge < -0.3 is 9.29 Å². The summed E-state index contributed by atoms with van der Waals surface area (Å²) in [6.45, 7) is 0.601. The Morgan fingerprint density at radius 1 is 1.45 bits per heavy atom. The maximum absolute atomic E-state index is 10.9. The Morgan fingerprint density at radius 2 is 2.20 bits per heavy atom. The molecule has 0 saturated heterocycles. The first kappa shape index (κ1) is 15.9. The molecule has 2 rings (SSSR count). The fourth-order valence-corrected chi connectivity index (χ4v) is 4.40. The molecule has 110 valence electrons. The molecule has 0 unspecified atom stereocenters. The average Bonchev–Trinajstić information content (AvgIpc) is 2.74. The number of aromatic nitrogens is 1. The normalized spacial score (nSPS) is 11.9. The van der Waals surface area contributed by atoms with E-state index in [2.05, 4.69) is 27.2 Å². The molecule has 0 aliphatic heterocycles. The SMILES string of the molecule is COc1ccc2sc(CI)[n+](CCCS(=O)(=O)[OH2+])c2c1. The molecule has 0 spiro atoms. The van der Waals surface area contributed by atoms with Crippen molar-refractivity contribution in [3.8, 4) is 5.75 Å². The highest BCUT2D eigenvalue weighted by atomic mass is 127. The summed E-state index contributed by atoms with van der Waals surface area (Å²) in [5, 5.41) is 1.19. The number of methoxy groups -OCH3 is 1. The molecule has 1 heterocycles. The number of alkyl halides is 1. The van der Waals surface area contributed by atoms with Crippen LogP contribution in [0.4, 0.5) is 0 Å². The van der Waals surface area contributed by atoms with E-state index in [0.717, 1.165) is 20.4 Å². The third-order valence-corrected chi connectivity index (χ3v) is 6.13. The molecular formula is C12H16INO4S2+2. The van der Waals surface area contributed by atoms with Crippen molar-refractivity contribution in [1.82, 2.24) is 0 Å². The van der Waals surface area contributed by atoms with Crippen LogP contribution in [0.1, 0.15) is 11.4 Å². The van der Waals surface area contributed by atoms with Crippen molar-refractivity contribution in [2.45, 2.75) is 17.4 Å². The number of aryl methyl sites for hydroxylation is 1. The van der Waals surface area contributed by atoms with Gasteiger partial charge >= 0.3 is 10.1 Å². The smallest absolute Gasteiger partial charge is 0.378 e. The van der Waals surface area contributed by atoms with Crippen molar-refractivity contribution < 1.29 is 22.3 Å². The van der Waals surface area contributed by atoms with E-state index < -0.39 is 10.1 Å². The minimum absolute atomic E-state index is 0.109. The Labute approximate surface area is 135 Å². The summed E-state index contributed by atoms with van der Waals surface area (Å²) in [6.07, 6.45) is 0.448. The number of benzene rings is 1. The van der Waals surface area contributed by atoms with E-state index in [4.69, 9.17) is 9.29 Å². The summed E-state index contributed by atoms with van der Waals surface area (Å²) in [5.74, 6) is 0.680. The minimum atomic E-state index is -3.65. The molecule has 8 heteroatoms. The lowest BCUT2D eigenvalue weighted by Gasteiger charge is -1.99. The van der Waals surface area contributed by atoms with Gasteiger partial charge in [0.1, 0.15) is 16.2 Å². The number of rotatable bonds is 6. The van der Waals surface area contributed by atoms with Crippen molar-refractivity contribution in [1.29, 1.82) is 0 Å². The first-order chi connectivity index (χ1) is 9.44. The molecular weight excluding hydrogens is 413 g/mol. The van der Waals surface area contributed by atoms with Gasteiger partial charge in [0.15, 0.2) is 6.54 Å². The maximum Gasteiger partial charge on any atom is 0.378 e. The first-order valence-electron chi connectivity index (χ1n) is 5.97. The second kappa shape index (κ2) is 6.54. The number of thiazole rings is 1. The lowest BCUT2D eigenvalue weighted by atomic mass is 10.3. The van der Waals surface area contributed by atoms with Crippen LogP contribution in [0.25, 0.3) is 10.2 Å². The fraction of sp³-hybridized carbons (Fsp3) is 0.417. The van der Waals surface area contributed by atoms with Gasteiger partial charge in [0.2, 0.25) is 10.5 Å². The van der Waals surface area contributed by atoms with Crippen LogP contribution in [0, 0.1) is 0 Å². The molecule has 2 N–H and O–H groups in total. The number of halogens is 1. The van der Waals surface area contributed by atoms with Gasteiger partial charge in [-0.1, -0.05) is 33.9 Å². The van der Waals surface area contributed by atoms with Crippen molar-refractivity contribution in [3.05, 3.63) is 23.2 Å². The highest BCUT2D eigenvalue weighted by Gasteiger charge is 2.21. The van der Waals surface area contributed by atoms with Gasteiger partial charge in [-0.3, -0.25) is 0 Å². The van der Waals surface area contributed by atoms with Crippen LogP contribution in [0.3, 0.4) is 0 Å². The van der Waals surface area contributed by atoms with Gasteiger partial charge in [0, 0.05) is 6.42 Å². The molecule has 0 saturated carbocycles. The molecule has 1 aromatic heterocycles. The molecule has 1 aromatic carbocycles.